The maximum atomic E-state index is 12.5. The van der Waals surface area contributed by atoms with Gasteiger partial charge in [-0.15, -0.1) is 0 Å². The van der Waals surface area contributed by atoms with Crippen molar-refractivity contribution >= 4 is 11.9 Å². The van der Waals surface area contributed by atoms with E-state index in [-0.39, 0.29) is 31.4 Å². The normalized spacial score (nSPS) is 26.5. The summed E-state index contributed by atoms with van der Waals surface area (Å²) in [6.45, 7) is 0.756. The molecule has 0 bridgehead atoms. The Balaban J connectivity index is 1.67. The van der Waals surface area contributed by atoms with Gasteiger partial charge in [0.1, 0.15) is 5.41 Å². The van der Waals surface area contributed by atoms with Crippen LogP contribution in [0, 0.1) is 11.3 Å². The molecule has 1 aromatic carbocycles. The number of hydrogen-bond donors (Lipinski definition) is 1. The van der Waals surface area contributed by atoms with Gasteiger partial charge in [0.05, 0.1) is 25.2 Å². The number of likely N-dealkylation sites (tertiary alicyclic amines) is 1. The monoisotopic (exact) mass is 343 g/mol. The molecule has 2 heterocycles. The highest BCUT2D eigenvalue weighted by atomic mass is 19.4. The third kappa shape index (κ3) is 2.86. The molecule has 130 valence electrons. The molecule has 1 N–H and O–H groups in total. The van der Waals surface area contributed by atoms with E-state index in [1.165, 1.54) is 17.0 Å². The molecule has 24 heavy (non-hydrogen) atoms. The second-order valence-corrected chi connectivity index (χ2v) is 6.32. The summed E-state index contributed by atoms with van der Waals surface area (Å²) in [5, 5.41) is 9.45. The number of aliphatic carboxylic acids is 1. The van der Waals surface area contributed by atoms with Gasteiger partial charge < -0.3 is 14.7 Å². The van der Waals surface area contributed by atoms with Gasteiger partial charge in [0, 0.05) is 19.0 Å². The number of carboxylic acids is 1. The van der Waals surface area contributed by atoms with E-state index in [1.54, 1.807) is 0 Å². The molecular formula is C16H16F3NO4. The van der Waals surface area contributed by atoms with Crippen LogP contribution in [0.3, 0.4) is 0 Å². The van der Waals surface area contributed by atoms with Crippen LogP contribution in [0.1, 0.15) is 11.1 Å². The van der Waals surface area contributed by atoms with Gasteiger partial charge in [0.25, 0.3) is 0 Å². The largest absolute Gasteiger partial charge is 0.481 e. The average molecular weight is 343 g/mol. The first-order valence-electron chi connectivity index (χ1n) is 7.47. The molecule has 2 aliphatic rings. The molecule has 5 nitrogen and oxygen atoms in total. The van der Waals surface area contributed by atoms with Gasteiger partial charge in [0.15, 0.2) is 0 Å². The van der Waals surface area contributed by atoms with E-state index < -0.39 is 23.1 Å². The molecule has 2 saturated heterocycles. The van der Waals surface area contributed by atoms with Crippen molar-refractivity contribution in [2.75, 3.05) is 26.3 Å². The molecular weight excluding hydrogens is 327 g/mol. The van der Waals surface area contributed by atoms with E-state index >= 15 is 0 Å². The summed E-state index contributed by atoms with van der Waals surface area (Å²) in [5.41, 5.74) is -1.36. The Morgan fingerprint density at radius 2 is 1.96 bits per heavy atom. The van der Waals surface area contributed by atoms with Gasteiger partial charge in [-0.05, 0) is 17.7 Å². The Morgan fingerprint density at radius 3 is 2.50 bits per heavy atom. The SMILES string of the molecule is O=C(Cc1ccc(C(F)(F)F)cc1)N1C[C@@H]2COC[C@]2(C(=O)O)C1. The fourth-order valence-electron chi connectivity index (χ4n) is 3.33. The number of benzene rings is 1. The number of carbonyl (C=O) groups excluding carboxylic acids is 1. The summed E-state index contributed by atoms with van der Waals surface area (Å²) in [4.78, 5) is 25.4. The number of ether oxygens (including phenoxy) is 1. The topological polar surface area (TPSA) is 66.8 Å². The lowest BCUT2D eigenvalue weighted by Crippen LogP contribution is -2.40. The number of carboxylic acid groups (broad SMARTS) is 1. The van der Waals surface area contributed by atoms with Gasteiger partial charge in [-0.25, -0.2) is 0 Å². The number of halogens is 3. The maximum absolute atomic E-state index is 12.5. The maximum Gasteiger partial charge on any atom is 0.416 e. The molecule has 2 atom stereocenters. The zero-order chi connectivity index (χ0) is 17.5. The number of nitrogens with zero attached hydrogens (tertiary/aromatic N) is 1. The fourth-order valence-corrected chi connectivity index (χ4v) is 3.33. The van der Waals surface area contributed by atoms with Crippen LogP contribution < -0.4 is 0 Å². The minimum Gasteiger partial charge on any atom is -0.481 e. The van der Waals surface area contributed by atoms with Crippen molar-refractivity contribution in [2.24, 2.45) is 11.3 Å². The summed E-state index contributed by atoms with van der Waals surface area (Å²) < 4.78 is 42.8. The van der Waals surface area contributed by atoms with Crippen LogP contribution in [-0.4, -0.2) is 48.2 Å². The number of rotatable bonds is 3. The van der Waals surface area contributed by atoms with Gasteiger partial charge in [-0.1, -0.05) is 12.1 Å². The minimum absolute atomic E-state index is 0.0542. The number of alkyl halides is 3. The predicted octanol–water partition coefficient (Wildman–Crippen LogP) is 1.81. The quantitative estimate of drug-likeness (QED) is 0.909. The third-order valence-corrected chi connectivity index (χ3v) is 4.79. The van der Waals surface area contributed by atoms with E-state index in [2.05, 4.69) is 0 Å². The molecule has 0 radical (unpaired) electrons. The Bertz CT molecular complexity index is 658. The highest BCUT2D eigenvalue weighted by Gasteiger charge is 2.57. The van der Waals surface area contributed by atoms with Crippen LogP contribution in [0.4, 0.5) is 13.2 Å². The van der Waals surface area contributed by atoms with Crippen molar-refractivity contribution in [2.45, 2.75) is 12.6 Å². The van der Waals surface area contributed by atoms with Crippen molar-refractivity contribution in [3.8, 4) is 0 Å². The lowest BCUT2D eigenvalue weighted by molar-refractivity contribution is -0.149. The van der Waals surface area contributed by atoms with Gasteiger partial charge >= 0.3 is 12.1 Å². The zero-order valence-electron chi connectivity index (χ0n) is 12.7. The smallest absolute Gasteiger partial charge is 0.416 e. The molecule has 0 aromatic heterocycles. The average Bonchev–Trinajstić information content (AvgIpc) is 3.04. The number of carbonyl (C=O) groups is 2. The number of amides is 1. The van der Waals surface area contributed by atoms with E-state index in [9.17, 15) is 27.9 Å². The summed E-state index contributed by atoms with van der Waals surface area (Å²) >= 11 is 0. The molecule has 0 saturated carbocycles. The molecule has 1 amide bonds. The summed E-state index contributed by atoms with van der Waals surface area (Å²) in [5.74, 6) is -1.51. The third-order valence-electron chi connectivity index (χ3n) is 4.79. The van der Waals surface area contributed by atoms with E-state index in [4.69, 9.17) is 4.74 Å². The molecule has 0 unspecified atom stereocenters. The lowest BCUT2D eigenvalue weighted by Gasteiger charge is -2.22. The summed E-state index contributed by atoms with van der Waals surface area (Å²) in [6, 6.07) is 4.42. The fraction of sp³-hybridized carbons (Fsp3) is 0.500. The summed E-state index contributed by atoms with van der Waals surface area (Å²) in [6.07, 6.45) is -4.47. The van der Waals surface area contributed by atoms with Crippen LogP contribution in [0.5, 0.6) is 0 Å². The van der Waals surface area contributed by atoms with Crippen LogP contribution in [0.2, 0.25) is 0 Å². The van der Waals surface area contributed by atoms with Crippen molar-refractivity contribution in [3.63, 3.8) is 0 Å². The van der Waals surface area contributed by atoms with Gasteiger partial charge in [0.2, 0.25) is 5.91 Å². The molecule has 3 rings (SSSR count). The minimum atomic E-state index is -4.41. The Morgan fingerprint density at radius 1 is 1.29 bits per heavy atom. The van der Waals surface area contributed by atoms with Crippen LogP contribution in [0.15, 0.2) is 24.3 Å². The van der Waals surface area contributed by atoms with E-state index in [1.807, 2.05) is 0 Å². The Labute approximate surface area is 136 Å². The highest BCUT2D eigenvalue weighted by molar-refractivity contribution is 5.82. The molecule has 2 aliphatic heterocycles. The Hall–Kier alpha value is -2.09. The van der Waals surface area contributed by atoms with Crippen molar-refractivity contribution in [1.29, 1.82) is 0 Å². The van der Waals surface area contributed by atoms with E-state index in [0.717, 1.165) is 12.1 Å². The Kier molecular flexibility index (Phi) is 4.03. The number of hydrogen-bond acceptors (Lipinski definition) is 3. The summed E-state index contributed by atoms with van der Waals surface area (Å²) in [7, 11) is 0. The van der Waals surface area contributed by atoms with Crippen molar-refractivity contribution in [1.82, 2.24) is 4.90 Å². The van der Waals surface area contributed by atoms with Crippen LogP contribution in [0.25, 0.3) is 0 Å². The van der Waals surface area contributed by atoms with Crippen molar-refractivity contribution < 1.29 is 32.6 Å². The first kappa shape index (κ1) is 16.8. The number of fused-ring (bicyclic) bond motifs is 1. The second kappa shape index (κ2) is 5.77. The predicted molar refractivity (Wildman–Crippen MR) is 76.1 cm³/mol. The van der Waals surface area contributed by atoms with Gasteiger partial charge in [-0.3, -0.25) is 9.59 Å². The van der Waals surface area contributed by atoms with Crippen molar-refractivity contribution in [3.05, 3.63) is 35.4 Å². The second-order valence-electron chi connectivity index (χ2n) is 6.32. The van der Waals surface area contributed by atoms with Gasteiger partial charge in [-0.2, -0.15) is 13.2 Å². The molecule has 1 aromatic rings. The van der Waals surface area contributed by atoms with Crippen LogP contribution >= 0.6 is 0 Å². The molecule has 8 heteroatoms. The van der Waals surface area contributed by atoms with E-state index in [0.29, 0.717) is 18.7 Å². The first-order valence-corrected chi connectivity index (χ1v) is 7.47. The molecule has 2 fully saturated rings. The molecule has 0 spiro atoms. The lowest BCUT2D eigenvalue weighted by atomic mass is 9.81. The standard InChI is InChI=1S/C16H16F3NO4/c17-16(18,19)11-3-1-10(2-4-11)5-13(21)20-6-12-7-24-9-15(12,8-20)14(22)23/h1-4,12H,5-9H2,(H,22,23)/t12-,15-/m1/s1. The first-order chi connectivity index (χ1) is 11.2. The van der Waals surface area contributed by atoms with Crippen LogP contribution in [-0.2, 0) is 26.9 Å². The molecule has 0 aliphatic carbocycles. The highest BCUT2D eigenvalue weighted by Crippen LogP contribution is 2.41. The zero-order valence-corrected chi connectivity index (χ0v) is 12.7.